The Balaban J connectivity index is 1.29. The number of carbonyl (C=O) groups is 1. The first kappa shape index (κ1) is 13.4. The van der Waals surface area contributed by atoms with Gasteiger partial charge >= 0.3 is 0 Å². The van der Waals surface area contributed by atoms with Crippen molar-refractivity contribution in [2.24, 2.45) is 5.92 Å². The Labute approximate surface area is 126 Å². The molecule has 1 aliphatic carbocycles. The average Bonchev–Trinajstić information content (AvgIpc) is 2.98. The smallest absolute Gasteiger partial charge is 0.226 e. The topological polar surface area (TPSA) is 36.7 Å². The maximum Gasteiger partial charge on any atom is 0.226 e. The van der Waals surface area contributed by atoms with Crippen LogP contribution < -0.4 is 0 Å². The predicted octanol–water partition coefficient (Wildman–Crippen LogP) is 2.47. The van der Waals surface area contributed by atoms with E-state index in [1.165, 1.54) is 25.9 Å². The van der Waals surface area contributed by atoms with Crippen LogP contribution >= 0.6 is 0 Å². The first-order chi connectivity index (χ1) is 10.3. The summed E-state index contributed by atoms with van der Waals surface area (Å²) >= 11 is 0. The molecule has 0 radical (unpaired) electrons. The van der Waals surface area contributed by atoms with Crippen LogP contribution in [0.15, 0.2) is 22.8 Å². The van der Waals surface area contributed by atoms with Gasteiger partial charge in [0, 0.05) is 31.0 Å². The number of carbonyl (C=O) groups excluding carboxylic acids is 1. The molecule has 1 saturated carbocycles. The number of hydrogen-bond acceptors (Lipinski definition) is 3. The van der Waals surface area contributed by atoms with Gasteiger partial charge in [0.15, 0.2) is 0 Å². The fourth-order valence-corrected chi connectivity index (χ4v) is 4.08. The third kappa shape index (κ3) is 2.61. The number of amides is 1. The number of likely N-dealkylation sites (tertiary alicyclic amines) is 2. The van der Waals surface area contributed by atoms with Gasteiger partial charge in [-0.2, -0.15) is 0 Å². The van der Waals surface area contributed by atoms with Crippen molar-refractivity contribution in [1.29, 1.82) is 0 Å². The van der Waals surface area contributed by atoms with Crippen molar-refractivity contribution in [3.8, 4) is 0 Å². The second-order valence-corrected chi connectivity index (χ2v) is 6.76. The molecule has 0 spiro atoms. The van der Waals surface area contributed by atoms with Gasteiger partial charge in [0.1, 0.15) is 5.76 Å². The minimum absolute atomic E-state index is 0.180. The summed E-state index contributed by atoms with van der Waals surface area (Å²) in [6.07, 6.45) is 7.70. The zero-order valence-corrected chi connectivity index (χ0v) is 12.5. The highest BCUT2D eigenvalue weighted by molar-refractivity contribution is 5.83. The lowest BCUT2D eigenvalue weighted by atomic mass is 10.0. The molecule has 3 fully saturated rings. The molecule has 2 aliphatic heterocycles. The summed E-state index contributed by atoms with van der Waals surface area (Å²) in [6.45, 7) is 4.42. The van der Waals surface area contributed by atoms with Crippen LogP contribution in [0, 0.1) is 5.92 Å². The summed E-state index contributed by atoms with van der Waals surface area (Å²) in [6, 6.07) is 4.63. The molecular formula is C17H24N2O2. The van der Waals surface area contributed by atoms with Crippen molar-refractivity contribution in [3.05, 3.63) is 24.2 Å². The first-order valence-corrected chi connectivity index (χ1v) is 8.39. The lowest BCUT2D eigenvalue weighted by molar-refractivity contribution is -0.134. The van der Waals surface area contributed by atoms with Crippen molar-refractivity contribution in [2.75, 3.05) is 26.2 Å². The Morgan fingerprint density at radius 1 is 1.14 bits per heavy atom. The summed E-state index contributed by atoms with van der Waals surface area (Å²) < 4.78 is 5.43. The lowest BCUT2D eigenvalue weighted by Crippen LogP contribution is -2.46. The normalized spacial score (nSPS) is 30.8. The summed E-state index contributed by atoms with van der Waals surface area (Å²) in [5.41, 5.74) is 0. The number of rotatable bonds is 3. The highest BCUT2D eigenvalue weighted by Gasteiger charge is 2.47. The predicted molar refractivity (Wildman–Crippen MR) is 80.0 cm³/mol. The molecule has 0 aromatic carbocycles. The Kier molecular flexibility index (Phi) is 3.49. The Bertz CT molecular complexity index is 485. The largest absolute Gasteiger partial charge is 0.469 e. The standard InChI is InChI=1S/C17H24N2O2/c20-17(15-12-14(15)16-4-3-11-21-16)19-9-5-13(6-10-19)18-7-1-2-8-18/h3-4,11,13-15H,1-2,5-10,12H2. The van der Waals surface area contributed by atoms with E-state index in [4.69, 9.17) is 4.42 Å². The molecule has 0 bridgehead atoms. The van der Waals surface area contributed by atoms with Crippen LogP contribution in [-0.2, 0) is 4.79 Å². The number of furan rings is 1. The van der Waals surface area contributed by atoms with Crippen molar-refractivity contribution in [2.45, 2.75) is 44.1 Å². The summed E-state index contributed by atoms with van der Waals surface area (Å²) in [4.78, 5) is 17.3. The fourth-order valence-electron chi connectivity index (χ4n) is 4.08. The average molecular weight is 288 g/mol. The van der Waals surface area contributed by atoms with Gasteiger partial charge in [-0.05, 0) is 57.3 Å². The van der Waals surface area contributed by atoms with E-state index in [0.717, 1.165) is 44.2 Å². The molecular weight excluding hydrogens is 264 g/mol. The van der Waals surface area contributed by atoms with Gasteiger partial charge in [0.05, 0.1) is 6.26 Å². The van der Waals surface area contributed by atoms with Crippen molar-refractivity contribution in [1.82, 2.24) is 9.80 Å². The second-order valence-electron chi connectivity index (χ2n) is 6.76. The molecule has 21 heavy (non-hydrogen) atoms. The molecule has 1 aromatic heterocycles. The van der Waals surface area contributed by atoms with Crippen LogP contribution in [0.5, 0.6) is 0 Å². The van der Waals surface area contributed by atoms with E-state index < -0.39 is 0 Å². The summed E-state index contributed by atoms with van der Waals surface area (Å²) in [5.74, 6) is 1.86. The molecule has 4 heteroatoms. The molecule has 1 amide bonds. The zero-order chi connectivity index (χ0) is 14.2. The highest BCUT2D eigenvalue weighted by atomic mass is 16.3. The van der Waals surface area contributed by atoms with E-state index in [2.05, 4.69) is 9.80 Å². The molecule has 114 valence electrons. The van der Waals surface area contributed by atoms with E-state index >= 15 is 0 Å². The van der Waals surface area contributed by atoms with Gasteiger partial charge in [-0.1, -0.05) is 0 Å². The number of piperidine rings is 1. The quantitative estimate of drug-likeness (QED) is 0.857. The maximum atomic E-state index is 12.6. The van der Waals surface area contributed by atoms with E-state index in [1.807, 2.05) is 12.1 Å². The van der Waals surface area contributed by atoms with Crippen LogP contribution in [0.1, 0.15) is 43.8 Å². The van der Waals surface area contributed by atoms with E-state index in [-0.39, 0.29) is 5.92 Å². The summed E-state index contributed by atoms with van der Waals surface area (Å²) in [7, 11) is 0. The Hall–Kier alpha value is -1.29. The monoisotopic (exact) mass is 288 g/mol. The van der Waals surface area contributed by atoms with Crippen molar-refractivity contribution < 1.29 is 9.21 Å². The molecule has 0 N–H and O–H groups in total. The van der Waals surface area contributed by atoms with Crippen LogP contribution in [0.25, 0.3) is 0 Å². The van der Waals surface area contributed by atoms with Gasteiger partial charge in [0.25, 0.3) is 0 Å². The lowest BCUT2D eigenvalue weighted by Gasteiger charge is -2.36. The molecule has 2 atom stereocenters. The molecule has 1 aromatic rings. The second kappa shape index (κ2) is 5.48. The minimum atomic E-state index is 0.180. The van der Waals surface area contributed by atoms with Crippen LogP contribution in [0.4, 0.5) is 0 Å². The van der Waals surface area contributed by atoms with Gasteiger partial charge in [-0.25, -0.2) is 0 Å². The SMILES string of the molecule is O=C(C1CC1c1ccco1)N1CCC(N2CCCC2)CC1. The summed E-state index contributed by atoms with van der Waals surface area (Å²) in [5, 5.41) is 0. The molecule has 4 rings (SSSR count). The Morgan fingerprint density at radius 2 is 1.90 bits per heavy atom. The number of hydrogen-bond donors (Lipinski definition) is 0. The van der Waals surface area contributed by atoms with Crippen molar-refractivity contribution in [3.63, 3.8) is 0 Å². The molecule has 2 unspecified atom stereocenters. The van der Waals surface area contributed by atoms with Gasteiger partial charge in [-0.15, -0.1) is 0 Å². The van der Waals surface area contributed by atoms with Gasteiger partial charge in [0.2, 0.25) is 5.91 Å². The third-order valence-corrected chi connectivity index (χ3v) is 5.45. The van der Waals surface area contributed by atoms with E-state index in [0.29, 0.717) is 11.8 Å². The first-order valence-electron chi connectivity index (χ1n) is 8.39. The van der Waals surface area contributed by atoms with Crippen LogP contribution in [-0.4, -0.2) is 47.9 Å². The van der Waals surface area contributed by atoms with Crippen LogP contribution in [0.2, 0.25) is 0 Å². The van der Waals surface area contributed by atoms with E-state index in [9.17, 15) is 4.79 Å². The third-order valence-electron chi connectivity index (χ3n) is 5.45. The molecule has 4 nitrogen and oxygen atoms in total. The van der Waals surface area contributed by atoms with Crippen molar-refractivity contribution >= 4 is 5.91 Å². The van der Waals surface area contributed by atoms with E-state index in [1.54, 1.807) is 6.26 Å². The minimum Gasteiger partial charge on any atom is -0.469 e. The maximum absolute atomic E-state index is 12.6. The number of nitrogens with zero attached hydrogens (tertiary/aromatic N) is 2. The molecule has 2 saturated heterocycles. The van der Waals surface area contributed by atoms with Crippen LogP contribution in [0.3, 0.4) is 0 Å². The zero-order valence-electron chi connectivity index (χ0n) is 12.5. The fraction of sp³-hybridized carbons (Fsp3) is 0.706. The Morgan fingerprint density at radius 3 is 2.57 bits per heavy atom. The molecule has 3 aliphatic rings. The highest BCUT2D eigenvalue weighted by Crippen LogP contribution is 2.48. The van der Waals surface area contributed by atoms with Gasteiger partial charge < -0.3 is 14.2 Å². The van der Waals surface area contributed by atoms with Gasteiger partial charge in [-0.3, -0.25) is 4.79 Å². The molecule has 3 heterocycles.